The van der Waals surface area contributed by atoms with E-state index >= 15 is 0 Å². The number of nitrogens with zero attached hydrogens (tertiary/aromatic N) is 1. The molecule has 0 saturated carbocycles. The van der Waals surface area contributed by atoms with Gasteiger partial charge in [-0.2, -0.15) is 0 Å². The van der Waals surface area contributed by atoms with Gasteiger partial charge in [0, 0.05) is 12.0 Å². The van der Waals surface area contributed by atoms with Crippen LogP contribution in [0, 0.1) is 0 Å². The van der Waals surface area contributed by atoms with E-state index in [4.69, 9.17) is 9.15 Å². The average Bonchev–Trinajstić information content (AvgIpc) is 3.22. The molecule has 144 valence electrons. The lowest BCUT2D eigenvalue weighted by molar-refractivity contribution is -0.121. The second-order valence-electron chi connectivity index (χ2n) is 7.07. The molecule has 1 fully saturated rings. The van der Waals surface area contributed by atoms with E-state index in [1.807, 2.05) is 12.1 Å². The van der Waals surface area contributed by atoms with Crippen molar-refractivity contribution in [1.29, 1.82) is 0 Å². The molecule has 2 aromatic rings. The van der Waals surface area contributed by atoms with E-state index in [1.54, 1.807) is 30.5 Å². The minimum absolute atomic E-state index is 0.0132. The van der Waals surface area contributed by atoms with Gasteiger partial charge in [0.05, 0.1) is 12.3 Å². The van der Waals surface area contributed by atoms with Gasteiger partial charge in [-0.1, -0.05) is 6.42 Å². The van der Waals surface area contributed by atoms with Crippen molar-refractivity contribution in [3.05, 3.63) is 54.0 Å². The smallest absolute Gasteiger partial charge is 0.170 e. The number of furan rings is 1. The Morgan fingerprint density at radius 3 is 2.48 bits per heavy atom. The average molecular weight is 369 g/mol. The van der Waals surface area contributed by atoms with Crippen LogP contribution in [0.25, 0.3) is 0 Å². The summed E-state index contributed by atoms with van der Waals surface area (Å²) in [5.74, 6) is 1.62. The summed E-state index contributed by atoms with van der Waals surface area (Å²) in [4.78, 5) is 26.0. The summed E-state index contributed by atoms with van der Waals surface area (Å²) in [5.41, 5.74) is 0.636. The van der Waals surface area contributed by atoms with Gasteiger partial charge >= 0.3 is 0 Å². The number of ether oxygens (including phenoxy) is 1. The molecule has 27 heavy (non-hydrogen) atoms. The monoisotopic (exact) mass is 369 g/mol. The molecule has 1 aliphatic heterocycles. The molecule has 5 nitrogen and oxygen atoms in total. The first-order valence-electron chi connectivity index (χ1n) is 9.66. The Morgan fingerprint density at radius 1 is 1.11 bits per heavy atom. The summed E-state index contributed by atoms with van der Waals surface area (Å²) in [6, 6.07) is 10.9. The molecule has 5 heteroatoms. The molecule has 1 saturated heterocycles. The first-order chi connectivity index (χ1) is 13.1. The third-order valence-corrected chi connectivity index (χ3v) is 5.06. The molecule has 1 aliphatic rings. The van der Waals surface area contributed by atoms with Crippen LogP contribution in [0.4, 0.5) is 0 Å². The molecule has 0 spiro atoms. The number of hydrogen-bond acceptors (Lipinski definition) is 5. The van der Waals surface area contributed by atoms with E-state index in [0.717, 1.165) is 25.3 Å². The molecule has 1 aromatic heterocycles. The van der Waals surface area contributed by atoms with E-state index in [-0.39, 0.29) is 24.2 Å². The summed E-state index contributed by atoms with van der Waals surface area (Å²) >= 11 is 0. The summed E-state index contributed by atoms with van der Waals surface area (Å²) < 4.78 is 11.2. The molecule has 1 aromatic carbocycles. The molecule has 0 amide bonds. The zero-order valence-corrected chi connectivity index (χ0v) is 15.9. The fraction of sp³-hybridized carbons (Fsp3) is 0.455. The van der Waals surface area contributed by atoms with Gasteiger partial charge in [-0.3, -0.25) is 14.5 Å². The molecular weight excluding hydrogens is 342 g/mol. The molecule has 1 atom stereocenters. The van der Waals surface area contributed by atoms with Crippen LogP contribution in [-0.4, -0.2) is 36.2 Å². The van der Waals surface area contributed by atoms with Gasteiger partial charge in [-0.25, -0.2) is 0 Å². The van der Waals surface area contributed by atoms with Crippen molar-refractivity contribution in [2.24, 2.45) is 0 Å². The second-order valence-corrected chi connectivity index (χ2v) is 7.07. The number of piperidine rings is 1. The van der Waals surface area contributed by atoms with Gasteiger partial charge in [0.1, 0.15) is 18.1 Å². The standard InChI is InChI=1S/C22H27NO4/c1-17(24)18-7-10-20(11-8-18)27-16-19(25)9-12-21(22-6-5-15-26-22)23-13-3-2-4-14-23/h5-8,10-11,15,21H,2-4,9,12-14,16H2,1H3. The normalized spacial score (nSPS) is 16.0. The number of rotatable bonds is 9. The van der Waals surface area contributed by atoms with Crippen molar-refractivity contribution in [3.8, 4) is 5.75 Å². The van der Waals surface area contributed by atoms with Crippen LogP contribution in [0.3, 0.4) is 0 Å². The first-order valence-corrected chi connectivity index (χ1v) is 9.66. The van der Waals surface area contributed by atoms with Crippen LogP contribution in [0.1, 0.15) is 61.2 Å². The maximum Gasteiger partial charge on any atom is 0.170 e. The third kappa shape index (κ3) is 5.54. The summed E-state index contributed by atoms with van der Waals surface area (Å²) in [6.07, 6.45) is 6.56. The van der Waals surface area contributed by atoms with Gasteiger partial charge in [-0.05, 0) is 75.7 Å². The van der Waals surface area contributed by atoms with E-state index in [0.29, 0.717) is 17.7 Å². The molecule has 0 bridgehead atoms. The van der Waals surface area contributed by atoms with Gasteiger partial charge in [-0.15, -0.1) is 0 Å². The largest absolute Gasteiger partial charge is 0.486 e. The lowest BCUT2D eigenvalue weighted by Gasteiger charge is -2.33. The predicted molar refractivity (Wildman–Crippen MR) is 103 cm³/mol. The van der Waals surface area contributed by atoms with Gasteiger partial charge in [0.25, 0.3) is 0 Å². The highest BCUT2D eigenvalue weighted by atomic mass is 16.5. The predicted octanol–water partition coefficient (Wildman–Crippen LogP) is 4.44. The molecule has 3 rings (SSSR count). The lowest BCUT2D eigenvalue weighted by atomic mass is 10.0. The Bertz CT molecular complexity index is 730. The minimum Gasteiger partial charge on any atom is -0.486 e. The Kier molecular flexibility index (Phi) is 6.82. The summed E-state index contributed by atoms with van der Waals surface area (Å²) in [5, 5.41) is 0. The molecule has 0 radical (unpaired) electrons. The Hall–Kier alpha value is -2.40. The quantitative estimate of drug-likeness (QED) is 0.612. The van der Waals surface area contributed by atoms with Crippen LogP contribution >= 0.6 is 0 Å². The van der Waals surface area contributed by atoms with Gasteiger partial charge in [0.2, 0.25) is 0 Å². The van der Waals surface area contributed by atoms with Gasteiger partial charge in [0.15, 0.2) is 11.6 Å². The fourth-order valence-electron chi connectivity index (χ4n) is 3.54. The van der Waals surface area contributed by atoms with Gasteiger partial charge < -0.3 is 9.15 Å². The van der Waals surface area contributed by atoms with Crippen molar-refractivity contribution in [3.63, 3.8) is 0 Å². The maximum absolute atomic E-state index is 12.3. The summed E-state index contributed by atoms with van der Waals surface area (Å²) in [6.45, 7) is 3.68. The fourth-order valence-corrected chi connectivity index (χ4v) is 3.54. The highest BCUT2D eigenvalue weighted by Gasteiger charge is 2.25. The number of ketones is 2. The van der Waals surface area contributed by atoms with E-state index < -0.39 is 0 Å². The van der Waals surface area contributed by atoms with Crippen LogP contribution < -0.4 is 4.74 Å². The number of likely N-dealkylation sites (tertiary alicyclic amines) is 1. The highest BCUT2D eigenvalue weighted by Crippen LogP contribution is 2.29. The SMILES string of the molecule is CC(=O)c1ccc(OCC(=O)CCC(c2ccco2)N2CCCCC2)cc1. The van der Waals surface area contributed by atoms with Crippen LogP contribution in [-0.2, 0) is 4.79 Å². The number of benzene rings is 1. The zero-order valence-electron chi connectivity index (χ0n) is 15.9. The Balaban J connectivity index is 1.50. The maximum atomic E-state index is 12.3. The highest BCUT2D eigenvalue weighted by molar-refractivity contribution is 5.94. The third-order valence-electron chi connectivity index (χ3n) is 5.06. The van der Waals surface area contributed by atoms with Crippen molar-refractivity contribution in [2.75, 3.05) is 19.7 Å². The van der Waals surface area contributed by atoms with Crippen LogP contribution in [0.15, 0.2) is 47.1 Å². The van der Waals surface area contributed by atoms with E-state index in [9.17, 15) is 9.59 Å². The Morgan fingerprint density at radius 2 is 1.85 bits per heavy atom. The van der Waals surface area contributed by atoms with Crippen molar-refractivity contribution < 1.29 is 18.7 Å². The van der Waals surface area contributed by atoms with Crippen LogP contribution in [0.2, 0.25) is 0 Å². The lowest BCUT2D eigenvalue weighted by Crippen LogP contribution is -2.34. The van der Waals surface area contributed by atoms with Crippen molar-refractivity contribution >= 4 is 11.6 Å². The number of carbonyl (C=O) groups excluding carboxylic acids is 2. The zero-order chi connectivity index (χ0) is 19.1. The van der Waals surface area contributed by atoms with Crippen molar-refractivity contribution in [2.45, 2.75) is 45.1 Å². The van der Waals surface area contributed by atoms with Crippen LogP contribution in [0.5, 0.6) is 5.75 Å². The molecular formula is C22H27NO4. The number of hydrogen-bond donors (Lipinski definition) is 0. The van der Waals surface area contributed by atoms with E-state index in [2.05, 4.69) is 4.90 Å². The topological polar surface area (TPSA) is 59.8 Å². The molecule has 0 N–H and O–H groups in total. The minimum atomic E-state index is 0.0132. The summed E-state index contributed by atoms with van der Waals surface area (Å²) in [7, 11) is 0. The molecule has 1 unspecified atom stereocenters. The number of carbonyl (C=O) groups is 2. The van der Waals surface area contributed by atoms with E-state index in [1.165, 1.54) is 26.2 Å². The second kappa shape index (κ2) is 9.51. The molecule has 2 heterocycles. The Labute approximate surface area is 160 Å². The van der Waals surface area contributed by atoms with Crippen molar-refractivity contribution in [1.82, 2.24) is 4.90 Å². The molecule has 0 aliphatic carbocycles. The first kappa shape index (κ1) is 19.4. The number of Topliss-reactive ketones (excluding diaryl/α,β-unsaturated/α-hetero) is 2.